The Bertz CT molecular complexity index is 466. The molecule has 0 unspecified atom stereocenters. The normalized spacial score (nSPS) is 16.9. The van der Waals surface area contributed by atoms with E-state index >= 15 is 0 Å². The lowest BCUT2D eigenvalue weighted by Crippen LogP contribution is -2.35. The molecule has 5 nitrogen and oxygen atoms in total. The fraction of sp³-hybridized carbons (Fsp3) is 0.571. The number of hydrogen-bond donors (Lipinski definition) is 1. The first-order valence-corrected chi connectivity index (χ1v) is 6.78. The highest BCUT2D eigenvalue weighted by Gasteiger charge is 2.23. The number of rotatable bonds is 3. The third-order valence-corrected chi connectivity index (χ3v) is 4.05. The smallest absolute Gasteiger partial charge is 0.271 e. The first kappa shape index (κ1) is 13.6. The molecule has 1 aromatic rings. The Morgan fingerprint density at radius 1 is 1.37 bits per heavy atom. The summed E-state index contributed by atoms with van der Waals surface area (Å²) in [4.78, 5) is 12.5. The number of nitrogens with two attached hydrogens (primary N) is 1. The summed E-state index contributed by atoms with van der Waals surface area (Å²) in [7, 11) is 0. The molecule has 2 rings (SSSR count). The molecule has 0 aromatic heterocycles. The van der Waals surface area contributed by atoms with Crippen LogP contribution >= 0.6 is 0 Å². The maximum absolute atomic E-state index is 10.7. The van der Waals surface area contributed by atoms with E-state index < -0.39 is 4.92 Å². The summed E-state index contributed by atoms with van der Waals surface area (Å²) in [5.74, 6) is 1.49. The molecule has 0 bridgehead atoms. The Balaban J connectivity index is 2.09. The van der Waals surface area contributed by atoms with Crippen molar-refractivity contribution in [3.63, 3.8) is 0 Å². The van der Waals surface area contributed by atoms with Crippen molar-refractivity contribution in [1.29, 1.82) is 0 Å². The lowest BCUT2D eigenvalue weighted by molar-refractivity contribution is -0.384. The minimum absolute atomic E-state index is 0.0540. The van der Waals surface area contributed by atoms with Crippen molar-refractivity contribution in [1.82, 2.24) is 0 Å². The molecule has 0 radical (unpaired) electrons. The molecule has 1 aliphatic rings. The number of nitro groups is 1. The van der Waals surface area contributed by atoms with Crippen LogP contribution in [0.1, 0.15) is 26.7 Å². The molecule has 0 spiro atoms. The summed E-state index contributed by atoms with van der Waals surface area (Å²) in [6, 6.07) is 4.74. The predicted octanol–water partition coefficient (Wildman–Crippen LogP) is 3.05. The maximum atomic E-state index is 10.7. The average Bonchev–Trinajstić information content (AvgIpc) is 2.38. The molecule has 1 fully saturated rings. The van der Waals surface area contributed by atoms with Crippen molar-refractivity contribution in [2.75, 3.05) is 23.7 Å². The maximum Gasteiger partial charge on any atom is 0.271 e. The summed E-state index contributed by atoms with van der Waals surface area (Å²) >= 11 is 0. The molecule has 0 atom stereocenters. The van der Waals surface area contributed by atoms with Gasteiger partial charge in [-0.05, 0) is 30.7 Å². The van der Waals surface area contributed by atoms with Crippen molar-refractivity contribution in [2.24, 2.45) is 11.8 Å². The van der Waals surface area contributed by atoms with E-state index in [0.29, 0.717) is 5.69 Å². The van der Waals surface area contributed by atoms with Gasteiger partial charge in [0.1, 0.15) is 0 Å². The van der Waals surface area contributed by atoms with Crippen molar-refractivity contribution >= 4 is 17.1 Å². The molecule has 0 aliphatic carbocycles. The van der Waals surface area contributed by atoms with Gasteiger partial charge in [0.2, 0.25) is 0 Å². The zero-order chi connectivity index (χ0) is 14.0. The van der Waals surface area contributed by atoms with Crippen LogP contribution in [-0.2, 0) is 0 Å². The van der Waals surface area contributed by atoms with Crippen molar-refractivity contribution in [3.8, 4) is 0 Å². The van der Waals surface area contributed by atoms with Gasteiger partial charge in [-0.2, -0.15) is 0 Å². The largest absolute Gasteiger partial charge is 0.397 e. The van der Waals surface area contributed by atoms with Crippen molar-refractivity contribution in [2.45, 2.75) is 26.7 Å². The van der Waals surface area contributed by atoms with E-state index in [4.69, 9.17) is 5.73 Å². The zero-order valence-corrected chi connectivity index (χ0v) is 11.5. The Morgan fingerprint density at radius 2 is 2.00 bits per heavy atom. The van der Waals surface area contributed by atoms with Crippen LogP contribution in [0.2, 0.25) is 0 Å². The molecular weight excluding hydrogens is 242 g/mol. The standard InChI is InChI=1S/C14H21N3O2/c1-10(2)11-5-7-16(8-6-11)14-4-3-12(17(18)19)9-13(14)15/h3-4,9-11H,5-8,15H2,1-2H3. The van der Waals surface area contributed by atoms with E-state index in [0.717, 1.165) is 43.5 Å². The first-order valence-electron chi connectivity index (χ1n) is 6.78. The number of nitro benzene ring substituents is 1. The van der Waals surface area contributed by atoms with Crippen molar-refractivity contribution < 1.29 is 4.92 Å². The molecule has 0 saturated carbocycles. The summed E-state index contributed by atoms with van der Waals surface area (Å²) in [5, 5.41) is 10.7. The Kier molecular flexibility index (Phi) is 3.93. The Morgan fingerprint density at radius 3 is 2.47 bits per heavy atom. The van der Waals surface area contributed by atoms with Crippen LogP contribution in [0.5, 0.6) is 0 Å². The molecule has 5 heteroatoms. The lowest BCUT2D eigenvalue weighted by atomic mass is 9.86. The molecule has 1 heterocycles. The van der Waals surface area contributed by atoms with E-state index in [1.54, 1.807) is 6.07 Å². The van der Waals surface area contributed by atoms with Gasteiger partial charge in [0, 0.05) is 25.2 Å². The van der Waals surface area contributed by atoms with Gasteiger partial charge in [0.05, 0.1) is 16.3 Å². The lowest BCUT2D eigenvalue weighted by Gasteiger charge is -2.35. The van der Waals surface area contributed by atoms with Crippen LogP contribution < -0.4 is 10.6 Å². The van der Waals surface area contributed by atoms with Crippen LogP contribution in [0.3, 0.4) is 0 Å². The second-order valence-corrected chi connectivity index (χ2v) is 5.57. The SMILES string of the molecule is CC(C)C1CCN(c2ccc([N+](=O)[O-])cc2N)CC1. The predicted molar refractivity (Wildman–Crippen MR) is 77.3 cm³/mol. The Labute approximate surface area is 113 Å². The summed E-state index contributed by atoms with van der Waals surface area (Å²) in [6.45, 7) is 6.48. The molecular formula is C14H21N3O2. The van der Waals surface area contributed by atoms with Crippen LogP contribution in [0.4, 0.5) is 17.1 Å². The molecule has 1 aliphatic heterocycles. The zero-order valence-electron chi connectivity index (χ0n) is 11.5. The van der Waals surface area contributed by atoms with Gasteiger partial charge in [0.15, 0.2) is 0 Å². The third-order valence-electron chi connectivity index (χ3n) is 4.05. The minimum atomic E-state index is -0.412. The number of piperidine rings is 1. The van der Waals surface area contributed by atoms with E-state index in [1.807, 2.05) is 0 Å². The molecule has 1 saturated heterocycles. The monoisotopic (exact) mass is 263 g/mol. The summed E-state index contributed by atoms with van der Waals surface area (Å²) in [6.07, 6.45) is 2.32. The van der Waals surface area contributed by atoms with Gasteiger partial charge in [-0.15, -0.1) is 0 Å². The minimum Gasteiger partial charge on any atom is -0.397 e. The third kappa shape index (κ3) is 2.97. The van der Waals surface area contributed by atoms with Crippen LogP contribution in [0, 0.1) is 22.0 Å². The topological polar surface area (TPSA) is 72.4 Å². The number of nitrogen functional groups attached to an aromatic ring is 1. The summed E-state index contributed by atoms with van der Waals surface area (Å²) in [5.41, 5.74) is 7.41. The van der Waals surface area contributed by atoms with Gasteiger partial charge in [-0.1, -0.05) is 13.8 Å². The molecule has 0 amide bonds. The van der Waals surface area contributed by atoms with Gasteiger partial charge >= 0.3 is 0 Å². The van der Waals surface area contributed by atoms with Crippen molar-refractivity contribution in [3.05, 3.63) is 28.3 Å². The number of non-ortho nitro benzene ring substituents is 1. The van der Waals surface area contributed by atoms with Gasteiger partial charge in [-0.25, -0.2) is 0 Å². The number of hydrogen-bond acceptors (Lipinski definition) is 4. The fourth-order valence-electron chi connectivity index (χ4n) is 2.75. The Hall–Kier alpha value is -1.78. The fourth-order valence-corrected chi connectivity index (χ4v) is 2.75. The number of benzene rings is 1. The molecule has 104 valence electrons. The second-order valence-electron chi connectivity index (χ2n) is 5.57. The van der Waals surface area contributed by atoms with Gasteiger partial charge in [0.25, 0.3) is 5.69 Å². The van der Waals surface area contributed by atoms with E-state index in [1.165, 1.54) is 12.1 Å². The van der Waals surface area contributed by atoms with E-state index in [9.17, 15) is 10.1 Å². The quantitative estimate of drug-likeness (QED) is 0.517. The van der Waals surface area contributed by atoms with E-state index in [2.05, 4.69) is 18.7 Å². The first-order chi connectivity index (χ1) is 8.99. The highest BCUT2D eigenvalue weighted by atomic mass is 16.6. The highest BCUT2D eigenvalue weighted by Crippen LogP contribution is 2.32. The average molecular weight is 263 g/mol. The van der Waals surface area contributed by atoms with Crippen LogP contribution in [0.25, 0.3) is 0 Å². The second kappa shape index (κ2) is 5.47. The molecule has 2 N–H and O–H groups in total. The van der Waals surface area contributed by atoms with Gasteiger partial charge < -0.3 is 10.6 Å². The highest BCUT2D eigenvalue weighted by molar-refractivity contribution is 5.70. The summed E-state index contributed by atoms with van der Waals surface area (Å²) < 4.78 is 0. The van der Waals surface area contributed by atoms with Gasteiger partial charge in [-0.3, -0.25) is 10.1 Å². The molecule has 19 heavy (non-hydrogen) atoms. The van der Waals surface area contributed by atoms with Crippen LogP contribution in [0.15, 0.2) is 18.2 Å². The number of nitrogens with zero attached hydrogens (tertiary/aromatic N) is 2. The van der Waals surface area contributed by atoms with E-state index in [-0.39, 0.29) is 5.69 Å². The molecule has 1 aromatic carbocycles. The number of anilines is 2. The van der Waals surface area contributed by atoms with Crippen LogP contribution in [-0.4, -0.2) is 18.0 Å².